The van der Waals surface area contributed by atoms with Crippen LogP contribution in [0.5, 0.6) is 0 Å². The number of hydrogen-bond acceptors (Lipinski definition) is 2. The van der Waals surface area contributed by atoms with Crippen LogP contribution in [0.2, 0.25) is 0 Å². The molecule has 0 amide bonds. The Bertz CT molecular complexity index is 508. The molecule has 2 aromatic rings. The summed E-state index contributed by atoms with van der Waals surface area (Å²) in [6, 6.07) is 15.2. The quantitative estimate of drug-likeness (QED) is 0.680. The molecule has 0 aliphatic heterocycles. The molecule has 0 spiro atoms. The molecular formula is C13H10Cl4N2. The molecule has 0 saturated heterocycles. The van der Waals surface area contributed by atoms with E-state index in [-0.39, 0.29) is 0 Å². The standard InChI is InChI=1S/C13H10Cl4N2/c14-18(15)12-7-3-1-5-10(12)9-11-6-2-4-8-13(11)19(16)17/h1-8H,9H2. The third-order valence-corrected chi connectivity index (χ3v) is 3.46. The number of rotatable bonds is 4. The van der Waals surface area contributed by atoms with Crippen molar-refractivity contribution in [2.45, 2.75) is 6.42 Å². The van der Waals surface area contributed by atoms with Crippen LogP contribution in [-0.2, 0) is 6.42 Å². The smallest absolute Gasteiger partial charge is 0.0745 e. The van der Waals surface area contributed by atoms with Crippen molar-refractivity contribution in [1.29, 1.82) is 0 Å². The Morgan fingerprint density at radius 3 is 1.37 bits per heavy atom. The summed E-state index contributed by atoms with van der Waals surface area (Å²) in [6.45, 7) is 0. The minimum Gasteiger partial charge on any atom is -0.194 e. The molecule has 0 N–H and O–H groups in total. The molecule has 0 bridgehead atoms. The fraction of sp³-hybridized carbons (Fsp3) is 0.0769. The Morgan fingerprint density at radius 2 is 1.00 bits per heavy atom. The van der Waals surface area contributed by atoms with Gasteiger partial charge in [0, 0.05) is 53.5 Å². The third kappa shape index (κ3) is 3.61. The Morgan fingerprint density at radius 1 is 0.632 bits per heavy atom. The Balaban J connectivity index is 2.37. The van der Waals surface area contributed by atoms with Crippen LogP contribution in [0, 0.1) is 0 Å². The summed E-state index contributed by atoms with van der Waals surface area (Å²) < 4.78 is 2.11. The van der Waals surface area contributed by atoms with E-state index in [1.54, 1.807) is 0 Å². The largest absolute Gasteiger partial charge is 0.194 e. The topological polar surface area (TPSA) is 6.48 Å². The van der Waals surface area contributed by atoms with E-state index in [0.717, 1.165) is 30.4 Å². The molecule has 0 radical (unpaired) electrons. The summed E-state index contributed by atoms with van der Waals surface area (Å²) >= 11 is 23.3. The second-order valence-electron chi connectivity index (χ2n) is 3.90. The lowest BCUT2D eigenvalue weighted by Gasteiger charge is -2.15. The minimum absolute atomic E-state index is 0.623. The molecule has 0 saturated carbocycles. The lowest BCUT2D eigenvalue weighted by molar-refractivity contribution is 1.18. The first-order chi connectivity index (χ1) is 9.09. The summed E-state index contributed by atoms with van der Waals surface area (Å²) in [5, 5.41) is 0. The van der Waals surface area contributed by atoms with E-state index in [0.29, 0.717) is 6.42 Å². The maximum absolute atomic E-state index is 5.81. The second kappa shape index (κ2) is 6.58. The predicted octanol–water partition coefficient (Wildman–Crippen LogP) is 5.51. The van der Waals surface area contributed by atoms with Crippen molar-refractivity contribution in [3.05, 3.63) is 59.7 Å². The van der Waals surface area contributed by atoms with Gasteiger partial charge >= 0.3 is 0 Å². The van der Waals surface area contributed by atoms with E-state index >= 15 is 0 Å². The number of nitrogens with zero attached hydrogens (tertiary/aromatic N) is 2. The van der Waals surface area contributed by atoms with Crippen LogP contribution in [0.1, 0.15) is 11.1 Å². The zero-order valence-corrected chi connectivity index (χ0v) is 12.8. The highest BCUT2D eigenvalue weighted by atomic mass is 35.5. The Labute approximate surface area is 132 Å². The average Bonchev–Trinajstić information content (AvgIpc) is 2.39. The maximum Gasteiger partial charge on any atom is 0.0745 e. The van der Waals surface area contributed by atoms with Crippen molar-refractivity contribution in [1.82, 2.24) is 0 Å². The van der Waals surface area contributed by atoms with Gasteiger partial charge in [-0.3, -0.25) is 0 Å². The van der Waals surface area contributed by atoms with E-state index in [1.807, 2.05) is 48.5 Å². The summed E-state index contributed by atoms with van der Waals surface area (Å²) in [5.41, 5.74) is 3.43. The lowest BCUT2D eigenvalue weighted by atomic mass is 10.0. The van der Waals surface area contributed by atoms with Crippen LogP contribution in [-0.4, -0.2) is 0 Å². The summed E-state index contributed by atoms with van der Waals surface area (Å²) in [5.74, 6) is 0. The van der Waals surface area contributed by atoms with Crippen LogP contribution in [0.15, 0.2) is 48.5 Å². The first-order valence-electron chi connectivity index (χ1n) is 5.49. The molecule has 0 heterocycles. The number of anilines is 2. The molecule has 2 rings (SSSR count). The van der Waals surface area contributed by atoms with E-state index < -0.39 is 0 Å². The zero-order valence-electron chi connectivity index (χ0n) is 9.73. The molecule has 0 unspecified atom stereocenters. The van der Waals surface area contributed by atoms with Gasteiger partial charge in [-0.2, -0.15) is 7.88 Å². The lowest BCUT2D eigenvalue weighted by Crippen LogP contribution is -2.02. The molecule has 0 fully saturated rings. The normalized spacial score (nSPS) is 10.3. The molecule has 100 valence electrons. The van der Waals surface area contributed by atoms with E-state index in [4.69, 9.17) is 47.1 Å². The fourth-order valence-corrected chi connectivity index (χ4v) is 2.52. The number of hydrogen-bond donors (Lipinski definition) is 0. The van der Waals surface area contributed by atoms with Crippen molar-refractivity contribution in [3.63, 3.8) is 0 Å². The molecule has 0 aromatic heterocycles. The summed E-state index contributed by atoms with van der Waals surface area (Å²) in [4.78, 5) is 0. The average molecular weight is 336 g/mol. The van der Waals surface area contributed by atoms with E-state index in [2.05, 4.69) is 0 Å². The highest BCUT2D eigenvalue weighted by Gasteiger charge is 2.11. The van der Waals surface area contributed by atoms with E-state index in [9.17, 15) is 0 Å². The van der Waals surface area contributed by atoms with Gasteiger partial charge in [-0.05, 0) is 23.3 Å². The van der Waals surface area contributed by atoms with Crippen LogP contribution < -0.4 is 7.88 Å². The van der Waals surface area contributed by atoms with Crippen LogP contribution in [0.3, 0.4) is 0 Å². The molecule has 0 atom stereocenters. The van der Waals surface area contributed by atoms with Gasteiger partial charge in [-0.1, -0.05) is 36.4 Å². The Hall–Kier alpha value is -0.800. The van der Waals surface area contributed by atoms with Crippen molar-refractivity contribution >= 4 is 58.5 Å². The first kappa shape index (κ1) is 14.6. The van der Waals surface area contributed by atoms with Gasteiger partial charge in [-0.25, -0.2) is 0 Å². The first-order valence-corrected chi connectivity index (χ1v) is 6.84. The summed E-state index contributed by atoms with van der Waals surface area (Å²) in [6.07, 6.45) is 0.623. The second-order valence-corrected chi connectivity index (χ2v) is 5.60. The highest BCUT2D eigenvalue weighted by molar-refractivity contribution is 6.50. The molecular weight excluding hydrogens is 326 g/mol. The van der Waals surface area contributed by atoms with Gasteiger partial charge in [0.25, 0.3) is 0 Å². The van der Waals surface area contributed by atoms with Gasteiger partial charge in [0.1, 0.15) is 0 Å². The number of halogens is 4. The SMILES string of the molecule is ClN(Cl)c1ccccc1Cc1ccccc1N(Cl)Cl. The van der Waals surface area contributed by atoms with Crippen LogP contribution >= 0.6 is 47.1 Å². The fourth-order valence-electron chi connectivity index (χ4n) is 1.86. The highest BCUT2D eigenvalue weighted by Crippen LogP contribution is 2.30. The van der Waals surface area contributed by atoms with Gasteiger partial charge in [0.15, 0.2) is 0 Å². The molecule has 19 heavy (non-hydrogen) atoms. The van der Waals surface area contributed by atoms with Crippen molar-refractivity contribution in [3.8, 4) is 0 Å². The number of benzene rings is 2. The zero-order chi connectivity index (χ0) is 13.8. The molecule has 6 heteroatoms. The third-order valence-electron chi connectivity index (χ3n) is 2.73. The monoisotopic (exact) mass is 334 g/mol. The van der Waals surface area contributed by atoms with Gasteiger partial charge in [-0.15, -0.1) is 0 Å². The van der Waals surface area contributed by atoms with Crippen molar-refractivity contribution < 1.29 is 0 Å². The van der Waals surface area contributed by atoms with Gasteiger partial charge in [0.05, 0.1) is 11.4 Å². The molecule has 2 nitrogen and oxygen atoms in total. The summed E-state index contributed by atoms with van der Waals surface area (Å²) in [7, 11) is 0. The van der Waals surface area contributed by atoms with E-state index in [1.165, 1.54) is 0 Å². The molecule has 0 aliphatic rings. The van der Waals surface area contributed by atoms with Crippen molar-refractivity contribution in [2.75, 3.05) is 7.88 Å². The number of para-hydroxylation sites is 2. The maximum atomic E-state index is 5.81. The minimum atomic E-state index is 0.623. The van der Waals surface area contributed by atoms with Gasteiger partial charge in [0.2, 0.25) is 0 Å². The molecule has 0 aliphatic carbocycles. The van der Waals surface area contributed by atoms with Crippen LogP contribution in [0.25, 0.3) is 0 Å². The van der Waals surface area contributed by atoms with Crippen LogP contribution in [0.4, 0.5) is 11.4 Å². The Kier molecular flexibility index (Phi) is 5.06. The van der Waals surface area contributed by atoms with Gasteiger partial charge < -0.3 is 0 Å². The predicted molar refractivity (Wildman–Crippen MR) is 84.1 cm³/mol. The van der Waals surface area contributed by atoms with Crippen molar-refractivity contribution in [2.24, 2.45) is 0 Å². The molecule has 2 aromatic carbocycles.